The number of hydrogen-bond acceptors (Lipinski definition) is 4. The average Bonchev–Trinajstić information content (AvgIpc) is 2.34. The summed E-state index contributed by atoms with van der Waals surface area (Å²) < 4.78 is 0. The molecule has 0 amide bonds. The van der Waals surface area contributed by atoms with Crippen molar-refractivity contribution in [1.82, 2.24) is 5.32 Å². The number of benzene rings is 1. The summed E-state index contributed by atoms with van der Waals surface area (Å²) in [5.74, 6) is -0.820. The number of carbonyl (C=O) groups is 1. The molecule has 6 nitrogen and oxygen atoms in total. The summed E-state index contributed by atoms with van der Waals surface area (Å²) in [6.07, 6.45) is 0.656. The molecule has 0 bridgehead atoms. The molecule has 0 saturated carbocycles. The number of non-ortho nitro benzene ring substituents is 1. The summed E-state index contributed by atoms with van der Waals surface area (Å²) in [6.45, 7) is 2.45. The number of hydrogen-bond donors (Lipinski definition) is 2. The van der Waals surface area contributed by atoms with Crippen LogP contribution in [0.25, 0.3) is 0 Å². The van der Waals surface area contributed by atoms with E-state index in [9.17, 15) is 14.9 Å². The summed E-state index contributed by atoms with van der Waals surface area (Å²) in [5, 5.41) is 22.3. The van der Waals surface area contributed by atoms with Gasteiger partial charge in [0.2, 0.25) is 0 Å². The van der Waals surface area contributed by atoms with Crippen molar-refractivity contribution in [2.75, 3.05) is 6.54 Å². The third kappa shape index (κ3) is 4.50. The molecule has 2 N–H and O–H groups in total. The highest BCUT2D eigenvalue weighted by molar-refractivity contribution is 5.66. The fraction of sp³-hybridized carbons (Fsp3) is 0.417. The maximum absolute atomic E-state index is 10.6. The first-order chi connectivity index (χ1) is 8.50. The van der Waals surface area contributed by atoms with Crippen LogP contribution < -0.4 is 5.32 Å². The molecule has 0 aliphatic heterocycles. The fourth-order valence-electron chi connectivity index (χ4n) is 1.58. The van der Waals surface area contributed by atoms with Gasteiger partial charge in [0.25, 0.3) is 5.69 Å². The minimum absolute atomic E-state index is 0.0429. The smallest absolute Gasteiger partial charge is 0.303 e. The molecular weight excluding hydrogens is 236 g/mol. The highest BCUT2D eigenvalue weighted by Gasteiger charge is 2.10. The minimum Gasteiger partial charge on any atom is -0.481 e. The predicted molar refractivity (Wildman–Crippen MR) is 66.4 cm³/mol. The van der Waals surface area contributed by atoms with Gasteiger partial charge in [-0.05, 0) is 25.5 Å². The van der Waals surface area contributed by atoms with Crippen molar-refractivity contribution in [2.24, 2.45) is 0 Å². The second kappa shape index (κ2) is 6.70. The topological polar surface area (TPSA) is 92.5 Å². The lowest BCUT2D eigenvalue weighted by Crippen LogP contribution is -2.20. The zero-order valence-electron chi connectivity index (χ0n) is 10.1. The molecule has 1 aromatic carbocycles. The summed E-state index contributed by atoms with van der Waals surface area (Å²) in [5.41, 5.74) is 0.881. The summed E-state index contributed by atoms with van der Waals surface area (Å²) >= 11 is 0. The highest BCUT2D eigenvalue weighted by atomic mass is 16.6. The molecule has 0 saturated heterocycles. The summed E-state index contributed by atoms with van der Waals surface area (Å²) in [4.78, 5) is 20.5. The molecule has 0 spiro atoms. The van der Waals surface area contributed by atoms with Gasteiger partial charge in [-0.15, -0.1) is 0 Å². The predicted octanol–water partition coefficient (Wildman–Crippen LogP) is 2.11. The van der Waals surface area contributed by atoms with Gasteiger partial charge in [-0.2, -0.15) is 0 Å². The van der Waals surface area contributed by atoms with Gasteiger partial charge in [0.1, 0.15) is 0 Å². The van der Waals surface area contributed by atoms with Crippen molar-refractivity contribution < 1.29 is 14.8 Å². The molecule has 98 valence electrons. The quantitative estimate of drug-likeness (QED) is 0.440. The van der Waals surface area contributed by atoms with E-state index in [1.165, 1.54) is 12.1 Å². The van der Waals surface area contributed by atoms with E-state index in [0.29, 0.717) is 13.0 Å². The number of aliphatic carboxylic acids is 1. The monoisotopic (exact) mass is 252 g/mol. The first-order valence-corrected chi connectivity index (χ1v) is 5.70. The van der Waals surface area contributed by atoms with Crippen LogP contribution in [-0.4, -0.2) is 22.5 Å². The van der Waals surface area contributed by atoms with Gasteiger partial charge in [-0.3, -0.25) is 14.9 Å². The van der Waals surface area contributed by atoms with Gasteiger partial charge in [0.05, 0.1) is 4.92 Å². The molecule has 0 heterocycles. The third-order valence-electron chi connectivity index (χ3n) is 2.60. The van der Waals surface area contributed by atoms with Crippen molar-refractivity contribution in [3.8, 4) is 0 Å². The number of nitrogens with zero attached hydrogens (tertiary/aromatic N) is 1. The van der Waals surface area contributed by atoms with E-state index in [1.807, 2.05) is 13.0 Å². The molecule has 0 fully saturated rings. The van der Waals surface area contributed by atoms with Crippen molar-refractivity contribution in [3.63, 3.8) is 0 Å². The lowest BCUT2D eigenvalue weighted by molar-refractivity contribution is -0.384. The Morgan fingerprint density at radius 2 is 2.28 bits per heavy atom. The van der Waals surface area contributed by atoms with Crippen molar-refractivity contribution >= 4 is 11.7 Å². The lowest BCUT2D eigenvalue weighted by atomic mass is 10.1. The molecule has 0 aliphatic carbocycles. The van der Waals surface area contributed by atoms with Crippen LogP contribution in [0, 0.1) is 10.1 Å². The van der Waals surface area contributed by atoms with E-state index >= 15 is 0 Å². The molecule has 0 aliphatic rings. The molecule has 1 aromatic rings. The molecule has 1 rings (SSSR count). The van der Waals surface area contributed by atoms with Gasteiger partial charge in [0.15, 0.2) is 0 Å². The maximum Gasteiger partial charge on any atom is 0.303 e. The normalized spacial score (nSPS) is 12.1. The summed E-state index contributed by atoms with van der Waals surface area (Å²) in [6, 6.07) is 6.37. The molecule has 1 unspecified atom stereocenters. The largest absolute Gasteiger partial charge is 0.481 e. The van der Waals surface area contributed by atoms with E-state index in [-0.39, 0.29) is 18.2 Å². The minimum atomic E-state index is -0.820. The van der Waals surface area contributed by atoms with Crippen LogP contribution in [0.15, 0.2) is 24.3 Å². The van der Waals surface area contributed by atoms with Crippen LogP contribution in [0.3, 0.4) is 0 Å². The van der Waals surface area contributed by atoms with E-state index in [1.54, 1.807) is 6.07 Å². The zero-order valence-corrected chi connectivity index (χ0v) is 10.1. The number of nitro groups is 1. The fourth-order valence-corrected chi connectivity index (χ4v) is 1.58. The van der Waals surface area contributed by atoms with E-state index < -0.39 is 10.9 Å². The van der Waals surface area contributed by atoms with Crippen LogP contribution >= 0.6 is 0 Å². The standard InChI is InChI=1S/C12H16N2O4/c1-9(13-7-3-6-12(15)16)10-4-2-5-11(8-10)14(17)18/h2,4-5,8-9,13H,3,6-7H2,1H3,(H,15,16). The second-order valence-electron chi connectivity index (χ2n) is 4.03. The highest BCUT2D eigenvalue weighted by Crippen LogP contribution is 2.18. The van der Waals surface area contributed by atoms with Crippen molar-refractivity contribution in [2.45, 2.75) is 25.8 Å². The molecular formula is C12H16N2O4. The van der Waals surface area contributed by atoms with Gasteiger partial charge in [-0.1, -0.05) is 12.1 Å². The Morgan fingerprint density at radius 1 is 1.56 bits per heavy atom. The Labute approximate surface area is 105 Å². The van der Waals surface area contributed by atoms with Crippen molar-refractivity contribution in [3.05, 3.63) is 39.9 Å². The van der Waals surface area contributed by atoms with E-state index in [0.717, 1.165) is 5.56 Å². The Balaban J connectivity index is 2.50. The first-order valence-electron chi connectivity index (χ1n) is 5.70. The number of nitro benzene ring substituents is 1. The van der Waals surface area contributed by atoms with Crippen LogP contribution in [0.5, 0.6) is 0 Å². The molecule has 1 atom stereocenters. The van der Waals surface area contributed by atoms with Crippen LogP contribution in [0.2, 0.25) is 0 Å². The van der Waals surface area contributed by atoms with Gasteiger partial charge >= 0.3 is 5.97 Å². The zero-order chi connectivity index (χ0) is 13.5. The third-order valence-corrected chi connectivity index (χ3v) is 2.60. The van der Waals surface area contributed by atoms with Gasteiger partial charge < -0.3 is 10.4 Å². The van der Waals surface area contributed by atoms with E-state index in [2.05, 4.69) is 5.32 Å². The van der Waals surface area contributed by atoms with Crippen LogP contribution in [0.1, 0.15) is 31.4 Å². The number of carboxylic acid groups (broad SMARTS) is 1. The Morgan fingerprint density at radius 3 is 2.89 bits per heavy atom. The van der Waals surface area contributed by atoms with Crippen LogP contribution in [0.4, 0.5) is 5.69 Å². The number of rotatable bonds is 7. The van der Waals surface area contributed by atoms with Crippen LogP contribution in [-0.2, 0) is 4.79 Å². The second-order valence-corrected chi connectivity index (χ2v) is 4.03. The SMILES string of the molecule is CC(NCCCC(=O)O)c1cccc([N+](=O)[O-])c1. The first kappa shape index (κ1) is 14.1. The molecule has 0 aromatic heterocycles. The number of carboxylic acids is 1. The van der Waals surface area contributed by atoms with Crippen molar-refractivity contribution in [1.29, 1.82) is 0 Å². The molecule has 0 radical (unpaired) electrons. The molecule has 18 heavy (non-hydrogen) atoms. The average molecular weight is 252 g/mol. The summed E-state index contributed by atoms with van der Waals surface area (Å²) in [7, 11) is 0. The van der Waals surface area contributed by atoms with E-state index in [4.69, 9.17) is 5.11 Å². The Bertz CT molecular complexity index is 434. The molecule has 6 heteroatoms. The number of nitrogens with one attached hydrogen (secondary N) is 1. The van der Waals surface area contributed by atoms with Gasteiger partial charge in [0, 0.05) is 24.6 Å². The van der Waals surface area contributed by atoms with Gasteiger partial charge in [-0.25, -0.2) is 0 Å². The Kier molecular flexibility index (Phi) is 5.26. The Hall–Kier alpha value is -1.95. The maximum atomic E-state index is 10.6. The lowest BCUT2D eigenvalue weighted by Gasteiger charge is -2.13.